The van der Waals surface area contributed by atoms with Gasteiger partial charge in [0.1, 0.15) is 5.82 Å². The number of aromatic nitrogens is 2. The van der Waals surface area contributed by atoms with Crippen LogP contribution in [0.25, 0.3) is 0 Å². The summed E-state index contributed by atoms with van der Waals surface area (Å²) in [6.07, 6.45) is 4.07. The fraction of sp³-hybridized carbons (Fsp3) is 0.348. The normalized spacial score (nSPS) is 13.8. The molecule has 1 saturated heterocycles. The Labute approximate surface area is 195 Å². The van der Waals surface area contributed by atoms with Crippen LogP contribution < -0.4 is 15.5 Å². The molecule has 2 N–H and O–H groups in total. The summed E-state index contributed by atoms with van der Waals surface area (Å²) in [7, 11) is 0. The Kier molecular flexibility index (Phi) is 7.19. The number of piperidine rings is 1. The van der Waals surface area contributed by atoms with Crippen LogP contribution in [0.3, 0.4) is 0 Å². The quantitative estimate of drug-likeness (QED) is 0.455. The highest BCUT2D eigenvalue weighted by Gasteiger charge is 2.14. The smallest absolute Gasteiger partial charge is 0.229 e. The molecule has 8 heteroatoms. The third-order valence-electron chi connectivity index (χ3n) is 5.15. The van der Waals surface area contributed by atoms with Crippen molar-refractivity contribution < 1.29 is 4.79 Å². The van der Waals surface area contributed by atoms with Gasteiger partial charge in [0.05, 0.1) is 6.42 Å². The van der Waals surface area contributed by atoms with Crippen LogP contribution in [0.5, 0.6) is 0 Å². The maximum absolute atomic E-state index is 12.2. The van der Waals surface area contributed by atoms with E-state index in [1.165, 1.54) is 19.3 Å². The van der Waals surface area contributed by atoms with Gasteiger partial charge in [0, 0.05) is 51.8 Å². The minimum Gasteiger partial charge on any atom is -0.366 e. The molecule has 0 bridgehead atoms. The summed E-state index contributed by atoms with van der Waals surface area (Å²) in [5.41, 5.74) is 2.89. The molecule has 4 rings (SSSR count). The fourth-order valence-corrected chi connectivity index (χ4v) is 5.04. The van der Waals surface area contributed by atoms with Gasteiger partial charge in [-0.25, -0.2) is 4.98 Å². The third kappa shape index (κ3) is 6.27. The topological polar surface area (TPSA) is 70.2 Å². The first-order chi connectivity index (χ1) is 15.0. The molecule has 1 aromatic carbocycles. The summed E-state index contributed by atoms with van der Waals surface area (Å²) in [4.78, 5) is 24.9. The highest BCUT2D eigenvalue weighted by atomic mass is 79.9. The number of benzene rings is 1. The zero-order chi connectivity index (χ0) is 21.6. The number of amides is 1. The van der Waals surface area contributed by atoms with Crippen molar-refractivity contribution >= 4 is 50.6 Å². The van der Waals surface area contributed by atoms with E-state index in [0.29, 0.717) is 13.0 Å². The van der Waals surface area contributed by atoms with Gasteiger partial charge < -0.3 is 15.5 Å². The molecule has 0 radical (unpaired) electrons. The number of rotatable bonds is 7. The fourth-order valence-electron chi connectivity index (χ4n) is 3.59. The zero-order valence-corrected chi connectivity index (χ0v) is 19.9. The van der Waals surface area contributed by atoms with E-state index < -0.39 is 0 Å². The monoisotopic (exact) mass is 499 g/mol. The van der Waals surface area contributed by atoms with Crippen molar-refractivity contribution in [1.82, 2.24) is 9.97 Å². The third-order valence-corrected chi connectivity index (χ3v) is 6.85. The second kappa shape index (κ2) is 10.2. The molecule has 2 aromatic heterocycles. The lowest BCUT2D eigenvalue weighted by atomic mass is 10.1. The van der Waals surface area contributed by atoms with Crippen LogP contribution in [0, 0.1) is 6.92 Å². The Morgan fingerprint density at radius 3 is 2.61 bits per heavy atom. The SMILES string of the molecule is Cc1cc(NCc2ccc(NC(=O)Cc3cc(Br)cs3)cc2)nc(N2CCCCC2)n1. The van der Waals surface area contributed by atoms with Gasteiger partial charge in [-0.05, 0) is 65.9 Å². The van der Waals surface area contributed by atoms with E-state index >= 15 is 0 Å². The number of carbonyl (C=O) groups excluding carboxylic acids is 1. The zero-order valence-electron chi connectivity index (χ0n) is 17.5. The molecule has 3 aromatic rings. The molecule has 162 valence electrons. The first kappa shape index (κ1) is 21.8. The molecule has 3 heterocycles. The Hall–Kier alpha value is -2.45. The Morgan fingerprint density at radius 1 is 1.13 bits per heavy atom. The first-order valence-corrected chi connectivity index (χ1v) is 12.2. The number of thiophene rings is 1. The van der Waals surface area contributed by atoms with E-state index in [1.54, 1.807) is 11.3 Å². The van der Waals surface area contributed by atoms with Gasteiger partial charge in [-0.2, -0.15) is 4.98 Å². The molecule has 6 nitrogen and oxygen atoms in total. The maximum Gasteiger partial charge on any atom is 0.229 e. The van der Waals surface area contributed by atoms with Crippen LogP contribution in [0.1, 0.15) is 35.4 Å². The van der Waals surface area contributed by atoms with Crippen LogP contribution in [0.15, 0.2) is 46.3 Å². The number of hydrogen-bond acceptors (Lipinski definition) is 6. The van der Waals surface area contributed by atoms with Gasteiger partial charge in [0.25, 0.3) is 0 Å². The lowest BCUT2D eigenvalue weighted by molar-refractivity contribution is -0.115. The average Bonchev–Trinajstić information content (AvgIpc) is 3.18. The number of nitrogens with one attached hydrogen (secondary N) is 2. The van der Waals surface area contributed by atoms with E-state index in [1.807, 2.05) is 48.7 Å². The molecule has 1 aliphatic rings. The van der Waals surface area contributed by atoms with Crippen LogP contribution in [-0.4, -0.2) is 29.0 Å². The van der Waals surface area contributed by atoms with Gasteiger partial charge in [-0.15, -0.1) is 11.3 Å². The van der Waals surface area contributed by atoms with Gasteiger partial charge in [-0.1, -0.05) is 12.1 Å². The standard InChI is InChI=1S/C23H26BrN5OS/c1-16-11-21(28-23(26-16)29-9-3-2-4-10-29)25-14-17-5-7-19(8-6-17)27-22(30)13-20-12-18(24)15-31-20/h5-8,11-12,15H,2-4,9-10,13-14H2,1H3,(H,27,30)(H,25,26,28). The van der Waals surface area contributed by atoms with Gasteiger partial charge in [0.15, 0.2) is 0 Å². The number of aryl methyl sites for hydroxylation is 1. The highest BCUT2D eigenvalue weighted by Crippen LogP contribution is 2.21. The van der Waals surface area contributed by atoms with Crippen LogP contribution in [-0.2, 0) is 17.8 Å². The predicted octanol–water partition coefficient (Wildman–Crippen LogP) is 5.39. The van der Waals surface area contributed by atoms with Crippen molar-refractivity contribution in [3.05, 3.63) is 62.4 Å². The number of nitrogens with zero attached hydrogens (tertiary/aromatic N) is 3. The molecule has 0 unspecified atom stereocenters. The number of anilines is 3. The minimum absolute atomic E-state index is 0.0121. The molecule has 1 aliphatic heterocycles. The molecule has 0 atom stereocenters. The predicted molar refractivity (Wildman–Crippen MR) is 131 cm³/mol. The molecular formula is C23H26BrN5OS. The van der Waals surface area contributed by atoms with E-state index in [-0.39, 0.29) is 5.91 Å². The highest BCUT2D eigenvalue weighted by molar-refractivity contribution is 9.10. The second-order valence-corrected chi connectivity index (χ2v) is 9.66. The summed E-state index contributed by atoms with van der Waals surface area (Å²) in [5.74, 6) is 1.65. The molecule has 1 fully saturated rings. The molecule has 0 saturated carbocycles. The Balaban J connectivity index is 1.32. The molecule has 31 heavy (non-hydrogen) atoms. The van der Waals surface area contributed by atoms with Crippen molar-refractivity contribution in [3.63, 3.8) is 0 Å². The van der Waals surface area contributed by atoms with E-state index in [9.17, 15) is 4.79 Å². The van der Waals surface area contributed by atoms with Gasteiger partial charge >= 0.3 is 0 Å². The van der Waals surface area contributed by atoms with Crippen LogP contribution >= 0.6 is 27.3 Å². The first-order valence-electron chi connectivity index (χ1n) is 10.5. The van der Waals surface area contributed by atoms with Crippen LogP contribution in [0.4, 0.5) is 17.5 Å². The largest absolute Gasteiger partial charge is 0.366 e. The lowest BCUT2D eigenvalue weighted by Gasteiger charge is -2.27. The van der Waals surface area contributed by atoms with Crippen molar-refractivity contribution in [2.75, 3.05) is 28.6 Å². The number of hydrogen-bond donors (Lipinski definition) is 2. The summed E-state index contributed by atoms with van der Waals surface area (Å²) in [6.45, 7) is 4.72. The van der Waals surface area contributed by atoms with E-state index in [2.05, 4.69) is 36.4 Å². The Bertz CT molecular complexity index is 1030. The summed E-state index contributed by atoms with van der Waals surface area (Å²) in [6, 6.07) is 11.9. The Morgan fingerprint density at radius 2 is 1.90 bits per heavy atom. The van der Waals surface area contributed by atoms with Crippen molar-refractivity contribution in [1.29, 1.82) is 0 Å². The van der Waals surface area contributed by atoms with Crippen molar-refractivity contribution in [2.45, 2.75) is 39.2 Å². The maximum atomic E-state index is 12.2. The van der Waals surface area contributed by atoms with Crippen LogP contribution in [0.2, 0.25) is 0 Å². The number of carbonyl (C=O) groups is 1. The summed E-state index contributed by atoms with van der Waals surface area (Å²) in [5, 5.41) is 8.35. The second-order valence-electron chi connectivity index (χ2n) is 7.75. The molecule has 0 spiro atoms. The average molecular weight is 500 g/mol. The molecule has 0 aliphatic carbocycles. The summed E-state index contributed by atoms with van der Waals surface area (Å²) >= 11 is 5.00. The van der Waals surface area contributed by atoms with E-state index in [4.69, 9.17) is 4.98 Å². The van der Waals surface area contributed by atoms with Crippen molar-refractivity contribution in [3.8, 4) is 0 Å². The molecular weight excluding hydrogens is 474 g/mol. The lowest BCUT2D eigenvalue weighted by Crippen LogP contribution is -2.31. The number of halogens is 1. The van der Waals surface area contributed by atoms with Crippen molar-refractivity contribution in [2.24, 2.45) is 0 Å². The minimum atomic E-state index is -0.0121. The summed E-state index contributed by atoms with van der Waals surface area (Å²) < 4.78 is 1.01. The van der Waals surface area contributed by atoms with Gasteiger partial charge in [-0.3, -0.25) is 4.79 Å². The molecule has 1 amide bonds. The van der Waals surface area contributed by atoms with E-state index in [0.717, 1.165) is 51.2 Å². The van der Waals surface area contributed by atoms with Gasteiger partial charge in [0.2, 0.25) is 11.9 Å².